The molecule has 0 aliphatic carbocycles. The van der Waals surface area contributed by atoms with Crippen molar-refractivity contribution in [3.05, 3.63) is 0 Å². The Bertz CT molecular complexity index is 241. The first-order valence-electron chi connectivity index (χ1n) is 6.18. The van der Waals surface area contributed by atoms with Crippen molar-refractivity contribution in [3.63, 3.8) is 0 Å². The quantitative estimate of drug-likeness (QED) is 0.423. The van der Waals surface area contributed by atoms with E-state index in [4.69, 9.17) is 19.7 Å². The number of hydrogen-bond donors (Lipinski definition) is 2. The third-order valence-corrected chi connectivity index (χ3v) is 2.48. The van der Waals surface area contributed by atoms with E-state index in [2.05, 4.69) is 0 Å². The van der Waals surface area contributed by atoms with Gasteiger partial charge < -0.3 is 19.7 Å². The minimum atomic E-state index is -0.851. The van der Waals surface area contributed by atoms with E-state index in [-0.39, 0.29) is 44.7 Å². The number of carbonyl (C=O) groups excluding carboxylic acids is 1. The lowest BCUT2D eigenvalue weighted by Crippen LogP contribution is -2.20. The minimum absolute atomic E-state index is 0.0548. The Morgan fingerprint density at radius 2 is 1.94 bits per heavy atom. The van der Waals surface area contributed by atoms with Gasteiger partial charge in [-0.05, 0) is 19.3 Å². The first-order chi connectivity index (χ1) is 8.61. The van der Waals surface area contributed by atoms with E-state index in [0.29, 0.717) is 19.3 Å². The van der Waals surface area contributed by atoms with Crippen molar-refractivity contribution in [2.45, 2.75) is 32.6 Å². The topological polar surface area (TPSA) is 93.1 Å². The van der Waals surface area contributed by atoms with Crippen LogP contribution in [0.2, 0.25) is 0 Å². The summed E-state index contributed by atoms with van der Waals surface area (Å²) in [4.78, 5) is 22.0. The number of hydrogen-bond acceptors (Lipinski definition) is 5. The molecule has 0 aliphatic heterocycles. The molecule has 1 atom stereocenters. The molecule has 6 heteroatoms. The van der Waals surface area contributed by atoms with Gasteiger partial charge in [0.1, 0.15) is 6.61 Å². The molecule has 0 rings (SSSR count). The van der Waals surface area contributed by atoms with Gasteiger partial charge in [0.2, 0.25) is 0 Å². The molecule has 0 saturated heterocycles. The highest BCUT2D eigenvalue weighted by Crippen LogP contribution is 2.14. The summed E-state index contributed by atoms with van der Waals surface area (Å²) in [7, 11) is 0. The molecule has 6 nitrogen and oxygen atoms in total. The van der Waals surface area contributed by atoms with Gasteiger partial charge in [-0.2, -0.15) is 0 Å². The molecule has 0 fully saturated rings. The number of carboxylic acids is 1. The summed E-state index contributed by atoms with van der Waals surface area (Å²) >= 11 is 0. The van der Waals surface area contributed by atoms with Gasteiger partial charge in [-0.3, -0.25) is 9.59 Å². The maximum absolute atomic E-state index is 11.6. The van der Waals surface area contributed by atoms with E-state index in [0.717, 1.165) is 0 Å². The summed E-state index contributed by atoms with van der Waals surface area (Å²) in [5.74, 6) is -1.41. The number of ether oxygens (including phenoxy) is 2. The second-order valence-corrected chi connectivity index (χ2v) is 3.89. The monoisotopic (exact) mass is 262 g/mol. The van der Waals surface area contributed by atoms with Crippen LogP contribution in [0.5, 0.6) is 0 Å². The van der Waals surface area contributed by atoms with Crippen LogP contribution in [0.1, 0.15) is 32.6 Å². The number of esters is 1. The fourth-order valence-electron chi connectivity index (χ4n) is 1.47. The molecular weight excluding hydrogens is 240 g/mol. The van der Waals surface area contributed by atoms with Gasteiger partial charge in [0.15, 0.2) is 0 Å². The second-order valence-electron chi connectivity index (χ2n) is 3.89. The second kappa shape index (κ2) is 11.0. The molecule has 0 spiro atoms. The lowest BCUT2D eigenvalue weighted by molar-refractivity contribution is -0.151. The molecular formula is C12H22O6. The van der Waals surface area contributed by atoms with Crippen LogP contribution in [-0.2, 0) is 19.1 Å². The van der Waals surface area contributed by atoms with Crippen LogP contribution < -0.4 is 0 Å². The average molecular weight is 262 g/mol. The highest BCUT2D eigenvalue weighted by Gasteiger charge is 2.17. The lowest BCUT2D eigenvalue weighted by atomic mass is 9.99. The molecule has 0 aromatic heterocycles. The van der Waals surface area contributed by atoms with E-state index in [9.17, 15) is 9.59 Å². The molecule has 0 bridgehead atoms. The SMILES string of the molecule is CCC(CCCC(=O)O)C(=O)OCCOCCO. The van der Waals surface area contributed by atoms with Gasteiger partial charge in [-0.25, -0.2) is 0 Å². The van der Waals surface area contributed by atoms with Crippen LogP contribution in [0.3, 0.4) is 0 Å². The Hall–Kier alpha value is -1.14. The average Bonchev–Trinajstić information content (AvgIpc) is 2.33. The van der Waals surface area contributed by atoms with Crippen LogP contribution in [0.4, 0.5) is 0 Å². The van der Waals surface area contributed by atoms with Crippen molar-refractivity contribution in [2.75, 3.05) is 26.4 Å². The van der Waals surface area contributed by atoms with Crippen LogP contribution >= 0.6 is 0 Å². The van der Waals surface area contributed by atoms with Crippen molar-refractivity contribution < 1.29 is 29.3 Å². The summed E-state index contributed by atoms with van der Waals surface area (Å²) in [6.45, 7) is 2.47. The third-order valence-electron chi connectivity index (χ3n) is 2.48. The van der Waals surface area contributed by atoms with Gasteiger partial charge in [-0.1, -0.05) is 6.92 Å². The Morgan fingerprint density at radius 1 is 1.22 bits per heavy atom. The van der Waals surface area contributed by atoms with E-state index in [1.165, 1.54) is 0 Å². The molecule has 2 N–H and O–H groups in total. The molecule has 0 aromatic rings. The molecule has 0 aliphatic rings. The largest absolute Gasteiger partial charge is 0.481 e. The number of aliphatic carboxylic acids is 1. The number of aliphatic hydroxyl groups is 1. The summed E-state index contributed by atoms with van der Waals surface area (Å²) in [6.07, 6.45) is 1.71. The fraction of sp³-hybridized carbons (Fsp3) is 0.833. The number of rotatable bonds is 11. The standard InChI is InChI=1S/C12H22O6/c1-2-10(4-3-5-11(14)15)12(16)18-9-8-17-7-6-13/h10,13H,2-9H2,1H3,(H,14,15). The molecule has 0 heterocycles. The fourth-order valence-corrected chi connectivity index (χ4v) is 1.47. The maximum Gasteiger partial charge on any atom is 0.308 e. The number of carboxylic acid groups (broad SMARTS) is 1. The van der Waals surface area contributed by atoms with Gasteiger partial charge in [0.25, 0.3) is 0 Å². The zero-order chi connectivity index (χ0) is 13.8. The molecule has 0 amide bonds. The predicted molar refractivity (Wildman–Crippen MR) is 64.1 cm³/mol. The highest BCUT2D eigenvalue weighted by atomic mass is 16.6. The van der Waals surface area contributed by atoms with Crippen molar-refractivity contribution in [3.8, 4) is 0 Å². The summed E-state index contributed by atoms with van der Waals surface area (Å²) in [5.41, 5.74) is 0. The molecule has 106 valence electrons. The molecule has 1 unspecified atom stereocenters. The predicted octanol–water partition coefficient (Wildman–Crippen LogP) is 0.820. The first-order valence-corrected chi connectivity index (χ1v) is 6.18. The van der Waals surface area contributed by atoms with Crippen molar-refractivity contribution in [2.24, 2.45) is 5.92 Å². The third kappa shape index (κ3) is 8.95. The number of carbonyl (C=O) groups is 2. The summed E-state index contributed by atoms with van der Waals surface area (Å²) in [5, 5.41) is 17.0. The molecule has 0 aromatic carbocycles. The normalized spacial score (nSPS) is 12.1. The Morgan fingerprint density at radius 3 is 2.50 bits per heavy atom. The smallest absolute Gasteiger partial charge is 0.308 e. The summed E-state index contributed by atoms with van der Waals surface area (Å²) in [6, 6.07) is 0. The van der Waals surface area contributed by atoms with E-state index in [1.807, 2.05) is 6.92 Å². The van der Waals surface area contributed by atoms with Gasteiger partial charge in [-0.15, -0.1) is 0 Å². The van der Waals surface area contributed by atoms with E-state index in [1.54, 1.807) is 0 Å². The maximum atomic E-state index is 11.6. The Labute approximate surface area is 107 Å². The van der Waals surface area contributed by atoms with Crippen LogP contribution in [-0.4, -0.2) is 48.6 Å². The van der Waals surface area contributed by atoms with Crippen LogP contribution in [0.15, 0.2) is 0 Å². The lowest BCUT2D eigenvalue weighted by Gasteiger charge is -2.13. The van der Waals surface area contributed by atoms with Crippen molar-refractivity contribution in [1.82, 2.24) is 0 Å². The molecule has 0 radical (unpaired) electrons. The Kier molecular flexibility index (Phi) is 10.3. The number of aliphatic hydroxyl groups excluding tert-OH is 1. The van der Waals surface area contributed by atoms with Gasteiger partial charge >= 0.3 is 11.9 Å². The van der Waals surface area contributed by atoms with Gasteiger partial charge in [0, 0.05) is 6.42 Å². The van der Waals surface area contributed by atoms with E-state index < -0.39 is 5.97 Å². The van der Waals surface area contributed by atoms with Crippen molar-refractivity contribution in [1.29, 1.82) is 0 Å². The molecule has 18 heavy (non-hydrogen) atoms. The zero-order valence-electron chi connectivity index (χ0n) is 10.8. The summed E-state index contributed by atoms with van der Waals surface area (Å²) < 4.78 is 9.96. The van der Waals surface area contributed by atoms with Gasteiger partial charge in [0.05, 0.1) is 25.7 Å². The van der Waals surface area contributed by atoms with Crippen molar-refractivity contribution >= 4 is 11.9 Å². The molecule has 0 saturated carbocycles. The minimum Gasteiger partial charge on any atom is -0.481 e. The van der Waals surface area contributed by atoms with Crippen LogP contribution in [0.25, 0.3) is 0 Å². The first kappa shape index (κ1) is 16.9. The Balaban J connectivity index is 3.71. The van der Waals surface area contributed by atoms with E-state index >= 15 is 0 Å². The zero-order valence-corrected chi connectivity index (χ0v) is 10.8. The highest BCUT2D eigenvalue weighted by molar-refractivity contribution is 5.72. The van der Waals surface area contributed by atoms with Crippen LogP contribution in [0, 0.1) is 5.92 Å².